The first-order chi connectivity index (χ1) is 8.79. The molecule has 2 rings (SSSR count). The van der Waals surface area contributed by atoms with Crippen LogP contribution in [0.5, 0.6) is 0 Å². The predicted molar refractivity (Wildman–Crippen MR) is 68.0 cm³/mol. The van der Waals surface area contributed by atoms with Gasteiger partial charge in [0, 0.05) is 13.7 Å². The molecule has 0 aromatic heterocycles. The zero-order valence-electron chi connectivity index (χ0n) is 10.6. The van der Waals surface area contributed by atoms with E-state index < -0.39 is 0 Å². The normalized spacial score (nSPS) is 22.9. The molecule has 0 saturated carbocycles. The molecule has 0 aliphatic carbocycles. The highest BCUT2D eigenvalue weighted by atomic mass is 16.5. The van der Waals surface area contributed by atoms with Crippen LogP contribution in [-0.4, -0.2) is 32.3 Å². The van der Waals surface area contributed by atoms with Crippen LogP contribution < -0.4 is 5.32 Å². The van der Waals surface area contributed by atoms with Crippen molar-refractivity contribution in [3.8, 4) is 0 Å². The highest BCUT2D eigenvalue weighted by Gasteiger charge is 2.30. The van der Waals surface area contributed by atoms with E-state index in [4.69, 9.17) is 9.47 Å². The molecule has 1 unspecified atom stereocenters. The number of esters is 1. The third-order valence-electron chi connectivity index (χ3n) is 3.13. The molecule has 18 heavy (non-hydrogen) atoms. The first kappa shape index (κ1) is 13.1. The summed E-state index contributed by atoms with van der Waals surface area (Å²) in [5, 5.41) is 3.17. The largest absolute Gasteiger partial charge is 0.460 e. The van der Waals surface area contributed by atoms with Crippen molar-refractivity contribution in [2.24, 2.45) is 5.92 Å². The van der Waals surface area contributed by atoms with Crippen LogP contribution in [0.3, 0.4) is 0 Å². The van der Waals surface area contributed by atoms with E-state index in [-0.39, 0.29) is 12.0 Å². The Labute approximate surface area is 107 Å². The molecule has 1 aliphatic heterocycles. The Kier molecular flexibility index (Phi) is 4.73. The Hall–Kier alpha value is -1.39. The number of carbonyl (C=O) groups excluding carboxylic acids is 1. The van der Waals surface area contributed by atoms with Crippen molar-refractivity contribution in [1.29, 1.82) is 0 Å². The van der Waals surface area contributed by atoms with E-state index in [9.17, 15) is 4.79 Å². The summed E-state index contributed by atoms with van der Waals surface area (Å²) in [6.07, 6.45) is 0.793. The van der Waals surface area contributed by atoms with Gasteiger partial charge in [0.2, 0.25) is 0 Å². The molecule has 1 heterocycles. The van der Waals surface area contributed by atoms with Crippen molar-refractivity contribution in [2.45, 2.75) is 19.1 Å². The zero-order chi connectivity index (χ0) is 12.8. The second kappa shape index (κ2) is 6.52. The Balaban J connectivity index is 1.76. The van der Waals surface area contributed by atoms with Gasteiger partial charge in [0.25, 0.3) is 0 Å². The molecule has 1 saturated heterocycles. The van der Waals surface area contributed by atoms with Crippen LogP contribution in [0.25, 0.3) is 0 Å². The number of methoxy groups -OCH3 is 1. The van der Waals surface area contributed by atoms with Crippen molar-refractivity contribution in [1.82, 2.24) is 5.32 Å². The lowest BCUT2D eigenvalue weighted by Gasteiger charge is -2.10. The van der Waals surface area contributed by atoms with Crippen molar-refractivity contribution in [2.75, 3.05) is 20.3 Å². The minimum atomic E-state index is -0.186. The molecule has 1 fully saturated rings. The summed E-state index contributed by atoms with van der Waals surface area (Å²) in [4.78, 5) is 11.8. The first-order valence-corrected chi connectivity index (χ1v) is 6.22. The fourth-order valence-electron chi connectivity index (χ4n) is 2.18. The average Bonchev–Trinajstić information content (AvgIpc) is 2.86. The summed E-state index contributed by atoms with van der Waals surface area (Å²) >= 11 is 0. The Morgan fingerprint density at radius 2 is 2.17 bits per heavy atom. The van der Waals surface area contributed by atoms with E-state index in [1.807, 2.05) is 30.3 Å². The molecular formula is C14H19NO3. The molecule has 0 amide bonds. The topological polar surface area (TPSA) is 47.6 Å². The number of benzene rings is 1. The fraction of sp³-hybridized carbons (Fsp3) is 0.500. The maximum Gasteiger partial charge on any atom is 0.323 e. The van der Waals surface area contributed by atoms with Crippen LogP contribution in [0.15, 0.2) is 30.3 Å². The lowest BCUT2D eigenvalue weighted by molar-refractivity contribution is -0.147. The smallest absolute Gasteiger partial charge is 0.323 e. The number of ether oxygens (including phenoxy) is 2. The molecule has 2 atom stereocenters. The minimum absolute atomic E-state index is 0.169. The second-order valence-corrected chi connectivity index (χ2v) is 4.61. The van der Waals surface area contributed by atoms with Gasteiger partial charge in [-0.2, -0.15) is 0 Å². The molecule has 1 aromatic carbocycles. The monoisotopic (exact) mass is 249 g/mol. The van der Waals surface area contributed by atoms with E-state index in [2.05, 4.69) is 5.32 Å². The Morgan fingerprint density at radius 1 is 1.39 bits per heavy atom. The summed E-state index contributed by atoms with van der Waals surface area (Å²) in [7, 11) is 1.68. The molecule has 4 heteroatoms. The van der Waals surface area contributed by atoms with Crippen LogP contribution in [0.2, 0.25) is 0 Å². The Bertz CT molecular complexity index is 380. The van der Waals surface area contributed by atoms with Gasteiger partial charge in [0.15, 0.2) is 0 Å². The summed E-state index contributed by atoms with van der Waals surface area (Å²) in [6, 6.07) is 9.52. The van der Waals surface area contributed by atoms with Gasteiger partial charge < -0.3 is 14.8 Å². The number of carbonyl (C=O) groups is 1. The molecular weight excluding hydrogens is 230 g/mol. The van der Waals surface area contributed by atoms with Crippen molar-refractivity contribution < 1.29 is 14.3 Å². The fourth-order valence-corrected chi connectivity index (χ4v) is 2.18. The van der Waals surface area contributed by atoms with Gasteiger partial charge >= 0.3 is 5.97 Å². The van der Waals surface area contributed by atoms with E-state index >= 15 is 0 Å². The number of hydrogen-bond donors (Lipinski definition) is 1. The predicted octanol–water partition coefficient (Wildman–Crippen LogP) is 1.35. The van der Waals surface area contributed by atoms with E-state index in [1.54, 1.807) is 7.11 Å². The van der Waals surface area contributed by atoms with Gasteiger partial charge in [-0.25, -0.2) is 0 Å². The highest BCUT2D eigenvalue weighted by Crippen LogP contribution is 2.15. The summed E-state index contributed by atoms with van der Waals surface area (Å²) in [5.74, 6) is 0.238. The maximum absolute atomic E-state index is 11.8. The van der Waals surface area contributed by atoms with Crippen LogP contribution in [0, 0.1) is 5.92 Å². The summed E-state index contributed by atoms with van der Waals surface area (Å²) in [5.41, 5.74) is 1.01. The van der Waals surface area contributed by atoms with E-state index in [1.165, 1.54) is 0 Å². The van der Waals surface area contributed by atoms with Gasteiger partial charge in [-0.1, -0.05) is 30.3 Å². The molecule has 0 bridgehead atoms. The zero-order valence-corrected chi connectivity index (χ0v) is 10.6. The molecule has 0 spiro atoms. The van der Waals surface area contributed by atoms with Crippen LogP contribution in [0.1, 0.15) is 12.0 Å². The van der Waals surface area contributed by atoms with Gasteiger partial charge in [0.1, 0.15) is 12.6 Å². The standard InChI is InChI=1S/C14H19NO3/c1-17-9-12-7-13(15-8-12)14(16)18-10-11-5-3-2-4-6-11/h2-6,12-13,15H,7-10H2,1H3/t12?,13-/m0/s1. The molecule has 4 nitrogen and oxygen atoms in total. The third-order valence-corrected chi connectivity index (χ3v) is 3.13. The van der Waals surface area contributed by atoms with Gasteiger partial charge in [-0.05, 0) is 17.9 Å². The summed E-state index contributed by atoms with van der Waals surface area (Å²) < 4.78 is 10.4. The average molecular weight is 249 g/mol. The Morgan fingerprint density at radius 3 is 2.89 bits per heavy atom. The SMILES string of the molecule is COCC1CN[C@H](C(=O)OCc2ccccc2)C1. The van der Waals surface area contributed by atoms with Crippen LogP contribution in [0.4, 0.5) is 0 Å². The van der Waals surface area contributed by atoms with E-state index in [0.717, 1.165) is 18.5 Å². The van der Waals surface area contributed by atoms with Gasteiger partial charge in [-0.3, -0.25) is 4.79 Å². The van der Waals surface area contributed by atoms with Gasteiger partial charge in [-0.15, -0.1) is 0 Å². The number of rotatable bonds is 5. The second-order valence-electron chi connectivity index (χ2n) is 4.61. The summed E-state index contributed by atoms with van der Waals surface area (Å²) in [6.45, 7) is 1.85. The van der Waals surface area contributed by atoms with Gasteiger partial charge in [0.05, 0.1) is 6.61 Å². The lowest BCUT2D eigenvalue weighted by atomic mass is 10.1. The lowest BCUT2D eigenvalue weighted by Crippen LogP contribution is -2.32. The maximum atomic E-state index is 11.8. The van der Waals surface area contributed by atoms with Crippen molar-refractivity contribution >= 4 is 5.97 Å². The third kappa shape index (κ3) is 3.55. The van der Waals surface area contributed by atoms with Crippen LogP contribution >= 0.6 is 0 Å². The minimum Gasteiger partial charge on any atom is -0.460 e. The molecule has 1 N–H and O–H groups in total. The number of nitrogens with one attached hydrogen (secondary N) is 1. The highest BCUT2D eigenvalue weighted by molar-refractivity contribution is 5.76. The molecule has 98 valence electrons. The van der Waals surface area contributed by atoms with Crippen molar-refractivity contribution in [3.05, 3.63) is 35.9 Å². The van der Waals surface area contributed by atoms with E-state index in [0.29, 0.717) is 19.1 Å². The molecule has 1 aromatic rings. The quantitative estimate of drug-likeness (QED) is 0.800. The van der Waals surface area contributed by atoms with Crippen molar-refractivity contribution in [3.63, 3.8) is 0 Å². The van der Waals surface area contributed by atoms with Crippen LogP contribution in [-0.2, 0) is 20.9 Å². The molecule has 0 radical (unpaired) electrons. The number of hydrogen-bond acceptors (Lipinski definition) is 4. The first-order valence-electron chi connectivity index (χ1n) is 6.22. The molecule has 1 aliphatic rings.